The third-order valence-corrected chi connectivity index (χ3v) is 4.48. The van der Waals surface area contributed by atoms with Crippen molar-refractivity contribution in [3.05, 3.63) is 69.1 Å². The second kappa shape index (κ2) is 6.22. The molecule has 0 aliphatic heterocycles. The SMILES string of the molecule is CNC(c1ncc(Br)cc1Br)c1cncc2ccccc12. The summed E-state index contributed by atoms with van der Waals surface area (Å²) >= 11 is 7.04. The van der Waals surface area contributed by atoms with Gasteiger partial charge >= 0.3 is 0 Å². The molecule has 0 saturated heterocycles. The van der Waals surface area contributed by atoms with Crippen LogP contribution in [0, 0.1) is 0 Å². The fourth-order valence-electron chi connectivity index (χ4n) is 2.45. The van der Waals surface area contributed by atoms with E-state index in [-0.39, 0.29) is 6.04 Å². The van der Waals surface area contributed by atoms with Crippen molar-refractivity contribution in [2.45, 2.75) is 6.04 Å². The van der Waals surface area contributed by atoms with Crippen molar-refractivity contribution in [1.82, 2.24) is 15.3 Å². The maximum atomic E-state index is 4.55. The zero-order valence-corrected chi connectivity index (χ0v) is 14.5. The number of nitrogens with one attached hydrogen (secondary N) is 1. The van der Waals surface area contributed by atoms with Gasteiger partial charge in [0.15, 0.2) is 0 Å². The number of nitrogens with zero attached hydrogens (tertiary/aromatic N) is 2. The van der Waals surface area contributed by atoms with Gasteiger partial charge in [-0.15, -0.1) is 0 Å². The van der Waals surface area contributed by atoms with Gasteiger partial charge in [-0.25, -0.2) is 0 Å². The van der Waals surface area contributed by atoms with E-state index in [1.165, 1.54) is 5.39 Å². The Bertz CT molecular complexity index is 784. The van der Waals surface area contributed by atoms with Crippen LogP contribution in [-0.2, 0) is 0 Å². The lowest BCUT2D eigenvalue weighted by atomic mass is 9.99. The first-order chi connectivity index (χ1) is 10.2. The van der Waals surface area contributed by atoms with Gasteiger partial charge in [0.1, 0.15) is 0 Å². The predicted molar refractivity (Wildman–Crippen MR) is 92.3 cm³/mol. The Morgan fingerprint density at radius 3 is 2.67 bits per heavy atom. The largest absolute Gasteiger partial charge is 0.308 e. The molecule has 0 bridgehead atoms. The van der Waals surface area contributed by atoms with Crippen molar-refractivity contribution in [1.29, 1.82) is 0 Å². The molecule has 2 aromatic heterocycles. The number of fused-ring (bicyclic) bond motifs is 1. The third kappa shape index (κ3) is 2.86. The molecule has 0 spiro atoms. The molecule has 3 nitrogen and oxygen atoms in total. The molecule has 1 atom stereocenters. The lowest BCUT2D eigenvalue weighted by molar-refractivity contribution is 0.669. The summed E-state index contributed by atoms with van der Waals surface area (Å²) in [7, 11) is 1.93. The Hall–Kier alpha value is -1.30. The average Bonchev–Trinajstić information content (AvgIpc) is 2.50. The molecule has 0 fully saturated rings. The summed E-state index contributed by atoms with van der Waals surface area (Å²) in [5.74, 6) is 0. The molecule has 0 radical (unpaired) electrons. The maximum Gasteiger partial charge on any atom is 0.0781 e. The van der Waals surface area contributed by atoms with Gasteiger partial charge in [-0.3, -0.25) is 9.97 Å². The fourth-order valence-corrected chi connectivity index (χ4v) is 3.66. The monoisotopic (exact) mass is 405 g/mol. The molecule has 5 heteroatoms. The molecule has 0 aliphatic rings. The normalized spacial score (nSPS) is 12.5. The van der Waals surface area contributed by atoms with Crippen molar-refractivity contribution in [2.75, 3.05) is 7.05 Å². The summed E-state index contributed by atoms with van der Waals surface area (Å²) in [5, 5.41) is 5.65. The van der Waals surface area contributed by atoms with E-state index in [0.717, 1.165) is 25.6 Å². The second-order valence-corrected chi connectivity index (χ2v) is 6.46. The standard InChI is InChI=1S/C16H13Br2N3/c1-19-15(16-14(18)6-11(17)8-21-16)13-9-20-7-10-4-2-3-5-12(10)13/h2-9,15,19H,1H3. The average molecular weight is 407 g/mol. The number of aromatic nitrogens is 2. The number of pyridine rings is 2. The number of hydrogen-bond donors (Lipinski definition) is 1. The lowest BCUT2D eigenvalue weighted by Crippen LogP contribution is -2.20. The highest BCUT2D eigenvalue weighted by Gasteiger charge is 2.19. The van der Waals surface area contributed by atoms with E-state index in [4.69, 9.17) is 0 Å². The molecule has 0 aliphatic carbocycles. The first-order valence-electron chi connectivity index (χ1n) is 6.51. The van der Waals surface area contributed by atoms with Gasteiger partial charge in [-0.1, -0.05) is 24.3 Å². The van der Waals surface area contributed by atoms with Crippen molar-refractivity contribution in [2.24, 2.45) is 0 Å². The first-order valence-corrected chi connectivity index (χ1v) is 8.10. The summed E-state index contributed by atoms with van der Waals surface area (Å²) in [5.41, 5.74) is 2.06. The summed E-state index contributed by atoms with van der Waals surface area (Å²) in [4.78, 5) is 8.91. The van der Waals surface area contributed by atoms with Gasteiger partial charge in [-0.2, -0.15) is 0 Å². The van der Waals surface area contributed by atoms with Crippen LogP contribution in [0.5, 0.6) is 0 Å². The van der Waals surface area contributed by atoms with Gasteiger partial charge in [0.2, 0.25) is 0 Å². The quantitative estimate of drug-likeness (QED) is 0.697. The highest BCUT2D eigenvalue weighted by Crippen LogP contribution is 2.31. The van der Waals surface area contributed by atoms with Crippen LogP contribution in [0.15, 0.2) is 57.9 Å². The Labute approximate surface area is 140 Å². The van der Waals surface area contributed by atoms with Crippen LogP contribution in [0.1, 0.15) is 17.3 Å². The Balaban J connectivity index is 2.18. The van der Waals surface area contributed by atoms with Crippen LogP contribution in [0.4, 0.5) is 0 Å². The van der Waals surface area contributed by atoms with E-state index in [1.807, 2.05) is 43.8 Å². The Morgan fingerprint density at radius 1 is 1.10 bits per heavy atom. The van der Waals surface area contributed by atoms with E-state index >= 15 is 0 Å². The fraction of sp³-hybridized carbons (Fsp3) is 0.125. The Kier molecular flexibility index (Phi) is 4.33. The molecule has 3 rings (SSSR count). The second-order valence-electron chi connectivity index (χ2n) is 4.69. The van der Waals surface area contributed by atoms with Gasteiger partial charge in [-0.05, 0) is 50.4 Å². The summed E-state index contributed by atoms with van der Waals surface area (Å²) in [6.07, 6.45) is 5.60. The van der Waals surface area contributed by atoms with Gasteiger partial charge in [0.25, 0.3) is 0 Å². The maximum absolute atomic E-state index is 4.55. The van der Waals surface area contributed by atoms with Gasteiger partial charge in [0, 0.05) is 38.5 Å². The molecule has 0 amide bonds. The van der Waals surface area contributed by atoms with Gasteiger partial charge in [0.05, 0.1) is 11.7 Å². The van der Waals surface area contributed by atoms with Crippen molar-refractivity contribution < 1.29 is 0 Å². The van der Waals surface area contributed by atoms with E-state index in [0.29, 0.717) is 0 Å². The summed E-state index contributed by atoms with van der Waals surface area (Å²) in [6, 6.07) is 10.2. The van der Waals surface area contributed by atoms with Crippen LogP contribution in [0.25, 0.3) is 10.8 Å². The van der Waals surface area contributed by atoms with Crippen LogP contribution < -0.4 is 5.32 Å². The van der Waals surface area contributed by atoms with Crippen molar-refractivity contribution >= 4 is 42.6 Å². The molecule has 106 valence electrons. The molecular formula is C16H13Br2N3. The van der Waals surface area contributed by atoms with Crippen molar-refractivity contribution in [3.8, 4) is 0 Å². The smallest absolute Gasteiger partial charge is 0.0781 e. The number of benzene rings is 1. The number of hydrogen-bond acceptors (Lipinski definition) is 3. The van der Waals surface area contributed by atoms with E-state index in [2.05, 4.69) is 59.3 Å². The predicted octanol–water partition coefficient (Wildman–Crippen LogP) is 4.46. The molecule has 1 N–H and O–H groups in total. The minimum Gasteiger partial charge on any atom is -0.308 e. The topological polar surface area (TPSA) is 37.8 Å². The van der Waals surface area contributed by atoms with Crippen LogP contribution >= 0.6 is 31.9 Å². The van der Waals surface area contributed by atoms with Crippen LogP contribution in [-0.4, -0.2) is 17.0 Å². The van der Waals surface area contributed by atoms with E-state index in [9.17, 15) is 0 Å². The van der Waals surface area contributed by atoms with E-state index < -0.39 is 0 Å². The molecule has 0 saturated carbocycles. The van der Waals surface area contributed by atoms with Gasteiger partial charge < -0.3 is 5.32 Å². The highest BCUT2D eigenvalue weighted by atomic mass is 79.9. The molecule has 3 aromatic rings. The van der Waals surface area contributed by atoms with Crippen LogP contribution in [0.3, 0.4) is 0 Å². The number of halogens is 2. The first kappa shape index (κ1) is 14.6. The number of rotatable bonds is 3. The molecule has 21 heavy (non-hydrogen) atoms. The minimum absolute atomic E-state index is 0.0222. The molecule has 1 aromatic carbocycles. The molecular weight excluding hydrogens is 394 g/mol. The summed E-state index contributed by atoms with van der Waals surface area (Å²) in [6.45, 7) is 0. The summed E-state index contributed by atoms with van der Waals surface area (Å²) < 4.78 is 1.91. The Morgan fingerprint density at radius 2 is 1.90 bits per heavy atom. The zero-order valence-electron chi connectivity index (χ0n) is 11.3. The van der Waals surface area contributed by atoms with E-state index in [1.54, 1.807) is 0 Å². The zero-order chi connectivity index (χ0) is 14.8. The molecule has 1 unspecified atom stereocenters. The third-order valence-electron chi connectivity index (χ3n) is 3.41. The highest BCUT2D eigenvalue weighted by molar-refractivity contribution is 9.11. The minimum atomic E-state index is -0.0222. The van der Waals surface area contributed by atoms with Crippen molar-refractivity contribution in [3.63, 3.8) is 0 Å². The van der Waals surface area contributed by atoms with Crippen LogP contribution in [0.2, 0.25) is 0 Å². The molecule has 2 heterocycles. The lowest BCUT2D eigenvalue weighted by Gasteiger charge is -2.19.